The third-order valence-electron chi connectivity index (χ3n) is 3.14. The van der Waals surface area contributed by atoms with Crippen LogP contribution in [0.3, 0.4) is 0 Å². The van der Waals surface area contributed by atoms with Crippen LogP contribution in [0, 0.1) is 0 Å². The lowest BCUT2D eigenvalue weighted by Crippen LogP contribution is -1.95. The molecule has 3 nitrogen and oxygen atoms in total. The van der Waals surface area contributed by atoms with Crippen LogP contribution in [-0.2, 0) is 13.2 Å². The molecule has 0 spiro atoms. The van der Waals surface area contributed by atoms with Crippen LogP contribution in [0.1, 0.15) is 10.6 Å². The molecule has 0 atom stereocenters. The van der Waals surface area contributed by atoms with Crippen molar-refractivity contribution in [2.24, 2.45) is 5.73 Å². The largest absolute Gasteiger partial charge is 0.486 e. The first kappa shape index (κ1) is 13.8. The fourth-order valence-corrected chi connectivity index (χ4v) is 2.70. The second-order valence-corrected chi connectivity index (χ2v) is 5.57. The first-order chi connectivity index (χ1) is 10.3. The molecule has 0 radical (unpaired) electrons. The molecule has 0 amide bonds. The van der Waals surface area contributed by atoms with E-state index in [9.17, 15) is 0 Å². The van der Waals surface area contributed by atoms with Crippen molar-refractivity contribution in [3.05, 3.63) is 70.5 Å². The third-order valence-corrected chi connectivity index (χ3v) is 3.96. The van der Waals surface area contributed by atoms with Gasteiger partial charge in [0.05, 0.1) is 5.69 Å². The summed E-state index contributed by atoms with van der Waals surface area (Å²) in [6.07, 6.45) is 0. The average Bonchev–Trinajstić information content (AvgIpc) is 3.03. The number of hydrogen-bond acceptors (Lipinski definition) is 4. The minimum Gasteiger partial charge on any atom is -0.486 e. The third kappa shape index (κ3) is 3.48. The zero-order valence-corrected chi connectivity index (χ0v) is 12.3. The molecule has 4 heteroatoms. The fraction of sp³-hybridized carbons (Fsp3) is 0.118. The summed E-state index contributed by atoms with van der Waals surface area (Å²) in [5.74, 6) is 0.863. The van der Waals surface area contributed by atoms with E-state index in [4.69, 9.17) is 10.5 Å². The normalized spacial score (nSPS) is 10.5. The van der Waals surface area contributed by atoms with Crippen LogP contribution in [0.15, 0.2) is 60.0 Å². The van der Waals surface area contributed by atoms with Gasteiger partial charge in [-0.15, -0.1) is 11.3 Å². The van der Waals surface area contributed by atoms with Crippen LogP contribution in [0.4, 0.5) is 0 Å². The number of ether oxygens (including phenoxy) is 1. The number of para-hydroxylation sites is 1. The van der Waals surface area contributed by atoms with Gasteiger partial charge in [-0.05, 0) is 17.7 Å². The Kier molecular flexibility index (Phi) is 4.28. The average molecular weight is 296 g/mol. The summed E-state index contributed by atoms with van der Waals surface area (Å²) < 4.78 is 5.71. The van der Waals surface area contributed by atoms with Crippen LogP contribution in [0.5, 0.6) is 5.75 Å². The summed E-state index contributed by atoms with van der Waals surface area (Å²) in [4.78, 5) is 4.61. The predicted octanol–water partition coefficient (Wildman–Crippen LogP) is 3.85. The Bertz CT molecular complexity index is 692. The monoisotopic (exact) mass is 296 g/mol. The van der Waals surface area contributed by atoms with Gasteiger partial charge in [0.15, 0.2) is 0 Å². The summed E-state index contributed by atoms with van der Waals surface area (Å²) in [5.41, 5.74) is 8.82. The molecule has 0 fully saturated rings. The van der Waals surface area contributed by atoms with Crippen molar-refractivity contribution in [3.63, 3.8) is 0 Å². The number of nitrogens with two attached hydrogens (primary N) is 1. The van der Waals surface area contributed by atoms with Gasteiger partial charge in [0.1, 0.15) is 17.4 Å². The SMILES string of the molecule is NCc1ccc(-c2csc(COc3ccccc3)n2)cc1. The van der Waals surface area contributed by atoms with Crippen LogP contribution in [-0.4, -0.2) is 4.98 Å². The lowest BCUT2D eigenvalue weighted by molar-refractivity contribution is 0.305. The van der Waals surface area contributed by atoms with E-state index < -0.39 is 0 Å². The van der Waals surface area contributed by atoms with Gasteiger partial charge < -0.3 is 10.5 Å². The lowest BCUT2D eigenvalue weighted by Gasteiger charge is -2.02. The molecule has 1 heterocycles. The minimum absolute atomic E-state index is 0.496. The molecule has 0 saturated heterocycles. The van der Waals surface area contributed by atoms with Gasteiger partial charge >= 0.3 is 0 Å². The Morgan fingerprint density at radius 1 is 1.00 bits per heavy atom. The van der Waals surface area contributed by atoms with E-state index in [2.05, 4.69) is 22.5 Å². The Morgan fingerprint density at radius 3 is 2.48 bits per heavy atom. The van der Waals surface area contributed by atoms with E-state index in [1.54, 1.807) is 11.3 Å². The number of nitrogens with zero attached hydrogens (tertiary/aromatic N) is 1. The summed E-state index contributed by atoms with van der Waals surface area (Å²) in [6, 6.07) is 18.0. The molecule has 3 aromatic rings. The number of aromatic nitrogens is 1. The van der Waals surface area contributed by atoms with Crippen molar-refractivity contribution in [2.75, 3.05) is 0 Å². The van der Waals surface area contributed by atoms with Crippen LogP contribution >= 0.6 is 11.3 Å². The molecular weight excluding hydrogens is 280 g/mol. The fourth-order valence-electron chi connectivity index (χ4n) is 1.98. The molecule has 2 N–H and O–H groups in total. The summed E-state index contributed by atoms with van der Waals surface area (Å²) in [7, 11) is 0. The minimum atomic E-state index is 0.496. The standard InChI is InChI=1S/C17H16N2OS/c18-10-13-6-8-14(9-7-13)16-12-21-17(19-16)11-20-15-4-2-1-3-5-15/h1-9,12H,10-11,18H2. The smallest absolute Gasteiger partial charge is 0.140 e. The molecule has 1 aromatic heterocycles. The molecule has 0 aliphatic heterocycles. The Morgan fingerprint density at radius 2 is 1.76 bits per heavy atom. The molecule has 0 unspecified atom stereocenters. The summed E-state index contributed by atoms with van der Waals surface area (Å²) in [6.45, 7) is 1.06. The number of hydrogen-bond donors (Lipinski definition) is 1. The zero-order chi connectivity index (χ0) is 14.5. The van der Waals surface area contributed by atoms with Gasteiger partial charge in [0, 0.05) is 17.5 Å². The number of rotatable bonds is 5. The Balaban J connectivity index is 1.68. The highest BCUT2D eigenvalue weighted by molar-refractivity contribution is 7.09. The van der Waals surface area contributed by atoms with E-state index in [0.717, 1.165) is 27.6 Å². The van der Waals surface area contributed by atoms with Crippen molar-refractivity contribution in [1.82, 2.24) is 4.98 Å². The van der Waals surface area contributed by atoms with Crippen molar-refractivity contribution < 1.29 is 4.74 Å². The van der Waals surface area contributed by atoms with Crippen LogP contribution in [0.2, 0.25) is 0 Å². The first-order valence-electron chi connectivity index (χ1n) is 6.77. The van der Waals surface area contributed by atoms with Gasteiger partial charge in [0.25, 0.3) is 0 Å². The van der Waals surface area contributed by atoms with Crippen molar-refractivity contribution in [1.29, 1.82) is 0 Å². The molecule has 0 bridgehead atoms. The van der Waals surface area contributed by atoms with E-state index in [1.807, 2.05) is 42.5 Å². The zero-order valence-electron chi connectivity index (χ0n) is 11.5. The van der Waals surface area contributed by atoms with Gasteiger partial charge in [-0.3, -0.25) is 0 Å². The quantitative estimate of drug-likeness (QED) is 0.778. The van der Waals surface area contributed by atoms with Crippen LogP contribution < -0.4 is 10.5 Å². The second-order valence-electron chi connectivity index (χ2n) is 4.63. The van der Waals surface area contributed by atoms with E-state index in [0.29, 0.717) is 13.2 Å². The first-order valence-corrected chi connectivity index (χ1v) is 7.65. The number of benzene rings is 2. The van der Waals surface area contributed by atoms with Gasteiger partial charge in [-0.1, -0.05) is 42.5 Å². The van der Waals surface area contributed by atoms with Gasteiger partial charge in [0.2, 0.25) is 0 Å². The van der Waals surface area contributed by atoms with E-state index in [-0.39, 0.29) is 0 Å². The highest BCUT2D eigenvalue weighted by Gasteiger charge is 2.05. The highest BCUT2D eigenvalue weighted by Crippen LogP contribution is 2.23. The van der Waals surface area contributed by atoms with Gasteiger partial charge in [-0.2, -0.15) is 0 Å². The molecule has 0 aliphatic carbocycles. The van der Waals surface area contributed by atoms with Crippen LogP contribution in [0.25, 0.3) is 11.3 Å². The molecule has 3 rings (SSSR count). The van der Waals surface area contributed by atoms with E-state index >= 15 is 0 Å². The number of thiazole rings is 1. The van der Waals surface area contributed by atoms with Gasteiger partial charge in [-0.25, -0.2) is 4.98 Å². The molecule has 0 aliphatic rings. The molecule has 106 valence electrons. The molecule has 21 heavy (non-hydrogen) atoms. The lowest BCUT2D eigenvalue weighted by atomic mass is 10.1. The second kappa shape index (κ2) is 6.52. The van der Waals surface area contributed by atoms with Crippen molar-refractivity contribution >= 4 is 11.3 Å². The predicted molar refractivity (Wildman–Crippen MR) is 86.2 cm³/mol. The van der Waals surface area contributed by atoms with Crippen molar-refractivity contribution in [3.8, 4) is 17.0 Å². The van der Waals surface area contributed by atoms with E-state index in [1.165, 1.54) is 0 Å². The summed E-state index contributed by atoms with van der Waals surface area (Å²) in [5, 5.41) is 3.03. The highest BCUT2D eigenvalue weighted by atomic mass is 32.1. The maximum Gasteiger partial charge on any atom is 0.140 e. The summed E-state index contributed by atoms with van der Waals surface area (Å²) >= 11 is 1.61. The Labute approximate surface area is 128 Å². The Hall–Kier alpha value is -2.17. The molecular formula is C17H16N2OS. The topological polar surface area (TPSA) is 48.1 Å². The maximum atomic E-state index is 5.71. The molecule has 2 aromatic carbocycles. The molecule has 0 saturated carbocycles. The maximum absolute atomic E-state index is 5.71. The van der Waals surface area contributed by atoms with Crippen molar-refractivity contribution in [2.45, 2.75) is 13.2 Å².